The Hall–Kier alpha value is -2.71. The molecule has 168 valence electrons. The highest BCUT2D eigenvalue weighted by Crippen LogP contribution is 2.39. The Morgan fingerprint density at radius 2 is 1.72 bits per heavy atom. The van der Waals surface area contributed by atoms with Gasteiger partial charge in [0.1, 0.15) is 0 Å². The van der Waals surface area contributed by atoms with Gasteiger partial charge in [-0.1, -0.05) is 18.9 Å². The maximum atomic E-state index is 13.1. The van der Waals surface area contributed by atoms with E-state index in [0.717, 1.165) is 24.7 Å². The first kappa shape index (κ1) is 22.5. The van der Waals surface area contributed by atoms with Crippen molar-refractivity contribution < 1.29 is 24.0 Å². The third kappa shape index (κ3) is 4.71. The molecule has 4 rings (SSSR count). The van der Waals surface area contributed by atoms with Gasteiger partial charge in [-0.3, -0.25) is 9.78 Å². The molecule has 8 heteroatoms. The predicted molar refractivity (Wildman–Crippen MR) is 122 cm³/mol. The van der Waals surface area contributed by atoms with Crippen molar-refractivity contribution in [3.05, 3.63) is 53.9 Å². The van der Waals surface area contributed by atoms with Crippen LogP contribution in [0.4, 0.5) is 5.69 Å². The lowest BCUT2D eigenvalue weighted by Crippen LogP contribution is -2.41. The monoisotopic (exact) mass is 436 g/mol. The molecule has 1 aliphatic heterocycles. The summed E-state index contributed by atoms with van der Waals surface area (Å²) in [6, 6.07) is 9.95. The van der Waals surface area contributed by atoms with Crippen molar-refractivity contribution in [2.45, 2.75) is 64.1 Å². The van der Waals surface area contributed by atoms with Crippen LogP contribution in [0.2, 0.25) is 0 Å². The van der Waals surface area contributed by atoms with Gasteiger partial charge in [0.2, 0.25) is 5.91 Å². The van der Waals surface area contributed by atoms with Gasteiger partial charge in [0.25, 0.3) is 0 Å². The van der Waals surface area contributed by atoms with E-state index in [1.54, 1.807) is 18.3 Å². The van der Waals surface area contributed by atoms with Gasteiger partial charge in [-0.25, -0.2) is 4.79 Å². The summed E-state index contributed by atoms with van der Waals surface area (Å²) in [7, 11) is -0.495. The van der Waals surface area contributed by atoms with Crippen molar-refractivity contribution in [1.29, 1.82) is 0 Å². The number of nitrogens with one attached hydrogen (secondary N) is 1. The van der Waals surface area contributed by atoms with E-state index >= 15 is 0 Å². The van der Waals surface area contributed by atoms with E-state index in [2.05, 4.69) is 10.3 Å². The first-order chi connectivity index (χ1) is 15.1. The lowest BCUT2D eigenvalue weighted by molar-refractivity contribution is -0.117. The maximum Gasteiger partial charge on any atom is 0.496 e. The van der Waals surface area contributed by atoms with Crippen LogP contribution >= 0.6 is 0 Å². The average Bonchev–Trinajstić information content (AvgIpc) is 3.52. The smallest absolute Gasteiger partial charge is 0.478 e. The molecule has 32 heavy (non-hydrogen) atoms. The number of carboxylic acids is 1. The van der Waals surface area contributed by atoms with Crippen LogP contribution in [0.15, 0.2) is 42.6 Å². The number of carboxylic acid groups (broad SMARTS) is 1. The molecule has 1 saturated heterocycles. The zero-order valence-corrected chi connectivity index (χ0v) is 18.9. The topological polar surface area (TPSA) is 97.8 Å². The van der Waals surface area contributed by atoms with Crippen LogP contribution in [-0.4, -0.2) is 40.3 Å². The third-order valence-corrected chi connectivity index (χ3v) is 6.67. The third-order valence-electron chi connectivity index (χ3n) is 6.67. The molecule has 2 fully saturated rings. The second kappa shape index (κ2) is 8.33. The van der Waals surface area contributed by atoms with Crippen LogP contribution in [0.3, 0.4) is 0 Å². The second-order valence-electron chi connectivity index (χ2n) is 9.71. The summed E-state index contributed by atoms with van der Waals surface area (Å²) in [5.41, 5.74) is 1.41. The second-order valence-corrected chi connectivity index (χ2v) is 9.71. The first-order valence-corrected chi connectivity index (χ1v) is 11.0. The molecule has 0 radical (unpaired) electrons. The molecule has 7 nitrogen and oxygen atoms in total. The van der Waals surface area contributed by atoms with Crippen molar-refractivity contribution >= 4 is 30.1 Å². The average molecular weight is 436 g/mol. The van der Waals surface area contributed by atoms with E-state index in [1.807, 2.05) is 39.8 Å². The van der Waals surface area contributed by atoms with Crippen LogP contribution in [-0.2, 0) is 14.1 Å². The fraction of sp³-hybridized carbons (Fsp3) is 0.458. The van der Waals surface area contributed by atoms with E-state index in [0.29, 0.717) is 17.3 Å². The predicted octanol–water partition coefficient (Wildman–Crippen LogP) is 3.60. The van der Waals surface area contributed by atoms with Gasteiger partial charge in [0.05, 0.1) is 28.4 Å². The van der Waals surface area contributed by atoms with Crippen molar-refractivity contribution in [2.24, 2.45) is 5.92 Å². The van der Waals surface area contributed by atoms with E-state index < -0.39 is 24.3 Å². The fourth-order valence-corrected chi connectivity index (χ4v) is 3.72. The SMILES string of the molecule is CC1(C)OB(c2ccc(C(CC3CC3)C(=O)Nc3ccc(C(=O)O)cc3)nc2)OC1(C)C. The number of nitrogens with zero attached hydrogens (tertiary/aromatic N) is 1. The maximum absolute atomic E-state index is 13.1. The summed E-state index contributed by atoms with van der Waals surface area (Å²) in [4.78, 5) is 28.7. The molecular weight excluding hydrogens is 407 g/mol. The van der Waals surface area contributed by atoms with Gasteiger partial charge in [-0.05, 0) is 70.4 Å². The number of hydrogen-bond acceptors (Lipinski definition) is 5. The van der Waals surface area contributed by atoms with Gasteiger partial charge in [0.15, 0.2) is 0 Å². The molecule has 0 spiro atoms. The minimum absolute atomic E-state index is 0.143. The Kier molecular flexibility index (Phi) is 5.86. The first-order valence-electron chi connectivity index (χ1n) is 11.0. The van der Waals surface area contributed by atoms with Crippen LogP contribution in [0, 0.1) is 5.92 Å². The van der Waals surface area contributed by atoms with Crippen molar-refractivity contribution in [1.82, 2.24) is 4.98 Å². The summed E-state index contributed by atoms with van der Waals surface area (Å²) >= 11 is 0. The molecule has 1 aromatic carbocycles. The molecule has 1 aliphatic carbocycles. The Morgan fingerprint density at radius 3 is 2.22 bits per heavy atom. The largest absolute Gasteiger partial charge is 0.496 e. The molecule has 1 aromatic heterocycles. The van der Waals surface area contributed by atoms with Gasteiger partial charge in [-0.2, -0.15) is 0 Å². The van der Waals surface area contributed by atoms with Crippen molar-refractivity contribution in [3.63, 3.8) is 0 Å². The molecule has 2 N–H and O–H groups in total. The van der Waals surface area contributed by atoms with Crippen LogP contribution < -0.4 is 10.8 Å². The quantitative estimate of drug-likeness (QED) is 0.644. The molecule has 1 saturated carbocycles. The molecule has 0 bridgehead atoms. The summed E-state index contributed by atoms with van der Waals surface area (Å²) in [5.74, 6) is -0.990. The fourth-order valence-electron chi connectivity index (χ4n) is 3.72. The molecule has 2 aromatic rings. The molecule has 1 unspecified atom stereocenters. The number of rotatable bonds is 7. The van der Waals surface area contributed by atoms with Gasteiger partial charge < -0.3 is 19.7 Å². The number of anilines is 1. The number of amides is 1. The Bertz CT molecular complexity index is 984. The minimum atomic E-state index is -0.999. The number of hydrogen-bond donors (Lipinski definition) is 2. The molecule has 1 atom stereocenters. The van der Waals surface area contributed by atoms with Crippen LogP contribution in [0.5, 0.6) is 0 Å². The molecule has 2 heterocycles. The van der Waals surface area contributed by atoms with Gasteiger partial charge in [0, 0.05) is 17.3 Å². The summed E-state index contributed by atoms with van der Waals surface area (Å²) in [6.45, 7) is 8.03. The number of aromatic carboxylic acids is 1. The van der Waals surface area contributed by atoms with Crippen molar-refractivity contribution in [2.75, 3.05) is 5.32 Å². The molecule has 2 aliphatic rings. The van der Waals surface area contributed by atoms with E-state index in [9.17, 15) is 9.59 Å². The Labute approximate surface area is 188 Å². The number of carbonyl (C=O) groups is 2. The lowest BCUT2D eigenvalue weighted by atomic mass is 9.80. The summed E-state index contributed by atoms with van der Waals surface area (Å²) < 4.78 is 12.2. The molecule has 1 amide bonds. The molecular formula is C24H29BN2O5. The highest BCUT2D eigenvalue weighted by molar-refractivity contribution is 6.62. The zero-order valence-electron chi connectivity index (χ0n) is 18.9. The van der Waals surface area contributed by atoms with E-state index in [4.69, 9.17) is 14.4 Å². The minimum Gasteiger partial charge on any atom is -0.478 e. The highest BCUT2D eigenvalue weighted by Gasteiger charge is 2.51. The van der Waals surface area contributed by atoms with Crippen LogP contribution in [0.1, 0.15) is 68.9 Å². The summed E-state index contributed by atoms with van der Waals surface area (Å²) in [6.07, 6.45) is 4.72. The lowest BCUT2D eigenvalue weighted by Gasteiger charge is -2.32. The standard InChI is InChI=1S/C24H29BN2O5/c1-23(2)24(3,4)32-25(31-23)17-9-12-20(26-14-17)19(13-15-5-6-15)21(28)27-18-10-7-16(8-11-18)22(29)30/h7-12,14-15,19H,5-6,13H2,1-4H3,(H,27,28)(H,29,30). The summed E-state index contributed by atoms with van der Waals surface area (Å²) in [5, 5.41) is 12.0. The van der Waals surface area contributed by atoms with Crippen LogP contribution in [0.25, 0.3) is 0 Å². The number of pyridine rings is 1. The Morgan fingerprint density at radius 1 is 1.09 bits per heavy atom. The van der Waals surface area contributed by atoms with E-state index in [-0.39, 0.29) is 17.4 Å². The highest BCUT2D eigenvalue weighted by atomic mass is 16.7. The van der Waals surface area contributed by atoms with Gasteiger partial charge in [-0.15, -0.1) is 0 Å². The number of aromatic nitrogens is 1. The Balaban J connectivity index is 1.49. The van der Waals surface area contributed by atoms with Crippen molar-refractivity contribution in [3.8, 4) is 0 Å². The normalized spacial score (nSPS) is 20.1. The number of carbonyl (C=O) groups excluding carboxylic acids is 1. The number of benzene rings is 1. The van der Waals surface area contributed by atoms with Gasteiger partial charge >= 0.3 is 13.1 Å². The van der Waals surface area contributed by atoms with E-state index in [1.165, 1.54) is 12.1 Å². The zero-order chi connectivity index (χ0) is 23.1.